The van der Waals surface area contributed by atoms with Crippen LogP contribution in [0.3, 0.4) is 0 Å². The maximum Gasteiger partial charge on any atom is 0.0633 e. The van der Waals surface area contributed by atoms with Gasteiger partial charge in [-0.25, -0.2) is 0 Å². The number of hydrogen-bond acceptors (Lipinski definition) is 2. The van der Waals surface area contributed by atoms with Crippen molar-refractivity contribution in [2.24, 2.45) is 5.73 Å². The number of nitrogens with two attached hydrogens (primary N) is 1. The van der Waals surface area contributed by atoms with E-state index in [1.165, 1.54) is 0 Å². The van der Waals surface area contributed by atoms with E-state index in [9.17, 15) is 0 Å². The Morgan fingerprint density at radius 3 is 3.17 bits per heavy atom. The molecule has 0 saturated heterocycles. The molecule has 0 spiro atoms. The van der Waals surface area contributed by atoms with Crippen LogP contribution in [0, 0.1) is 6.92 Å². The van der Waals surface area contributed by atoms with Crippen LogP contribution in [0.25, 0.3) is 10.9 Å². The summed E-state index contributed by atoms with van der Waals surface area (Å²) in [6.07, 6.45) is 1.78. The van der Waals surface area contributed by atoms with E-state index in [1.807, 2.05) is 13.0 Å². The van der Waals surface area contributed by atoms with Crippen molar-refractivity contribution in [1.29, 1.82) is 0 Å². The highest BCUT2D eigenvalue weighted by Crippen LogP contribution is 2.16. The van der Waals surface area contributed by atoms with E-state index in [2.05, 4.69) is 16.0 Å². The van der Waals surface area contributed by atoms with Crippen molar-refractivity contribution in [3.05, 3.63) is 29.7 Å². The minimum atomic E-state index is 0.495. The van der Waals surface area contributed by atoms with Crippen molar-refractivity contribution >= 4 is 10.9 Å². The molecule has 2 heterocycles. The van der Waals surface area contributed by atoms with Gasteiger partial charge in [0.2, 0.25) is 0 Å². The molecule has 0 aliphatic rings. The Kier molecular flexibility index (Phi) is 1.59. The quantitative estimate of drug-likeness (QED) is 0.663. The smallest absolute Gasteiger partial charge is 0.0633 e. The largest absolute Gasteiger partial charge is 0.359 e. The van der Waals surface area contributed by atoms with Crippen molar-refractivity contribution in [3.8, 4) is 0 Å². The van der Waals surface area contributed by atoms with Gasteiger partial charge < -0.3 is 10.7 Å². The molecule has 0 aromatic carbocycles. The molecule has 62 valence electrons. The third-order valence-electron chi connectivity index (χ3n) is 1.96. The molecule has 0 saturated carbocycles. The third kappa shape index (κ3) is 0.987. The number of aromatic nitrogens is 2. The van der Waals surface area contributed by atoms with E-state index in [0.717, 1.165) is 22.3 Å². The average molecular weight is 161 g/mol. The molecular weight excluding hydrogens is 150 g/mol. The van der Waals surface area contributed by atoms with Gasteiger partial charge >= 0.3 is 0 Å². The predicted octanol–water partition coefficient (Wildman–Crippen LogP) is 1.33. The second-order valence-electron chi connectivity index (χ2n) is 2.88. The summed E-state index contributed by atoms with van der Waals surface area (Å²) in [5.41, 5.74) is 8.76. The van der Waals surface area contributed by atoms with Gasteiger partial charge in [0, 0.05) is 29.3 Å². The Bertz CT molecular complexity index is 403. The first-order chi connectivity index (χ1) is 5.81. The molecule has 0 aliphatic heterocycles. The highest BCUT2D eigenvalue weighted by Gasteiger charge is 2.01. The van der Waals surface area contributed by atoms with Crippen LogP contribution in [0.1, 0.15) is 11.4 Å². The minimum absolute atomic E-state index is 0.495. The highest BCUT2D eigenvalue weighted by molar-refractivity contribution is 5.82. The fourth-order valence-electron chi connectivity index (χ4n) is 1.41. The van der Waals surface area contributed by atoms with Crippen molar-refractivity contribution in [2.75, 3.05) is 0 Å². The second kappa shape index (κ2) is 2.60. The number of nitrogens with zero attached hydrogens (tertiary/aromatic N) is 1. The lowest BCUT2D eigenvalue weighted by molar-refractivity contribution is 1.01. The maximum absolute atomic E-state index is 5.55. The van der Waals surface area contributed by atoms with Gasteiger partial charge in [0.15, 0.2) is 0 Å². The Hall–Kier alpha value is -1.35. The van der Waals surface area contributed by atoms with Gasteiger partial charge in [-0.2, -0.15) is 0 Å². The Labute approximate surface area is 70.6 Å². The molecule has 2 rings (SSSR count). The Morgan fingerprint density at radius 2 is 2.42 bits per heavy atom. The van der Waals surface area contributed by atoms with Crippen molar-refractivity contribution < 1.29 is 0 Å². The van der Waals surface area contributed by atoms with Gasteiger partial charge in [-0.05, 0) is 19.1 Å². The van der Waals surface area contributed by atoms with Crippen LogP contribution in [0.2, 0.25) is 0 Å². The number of rotatable bonds is 1. The number of hydrogen-bond donors (Lipinski definition) is 2. The van der Waals surface area contributed by atoms with Crippen LogP contribution in [0.4, 0.5) is 0 Å². The van der Waals surface area contributed by atoms with Crippen LogP contribution in [0.5, 0.6) is 0 Å². The summed E-state index contributed by atoms with van der Waals surface area (Å²) < 4.78 is 0. The molecule has 0 aliphatic carbocycles. The number of aromatic amines is 1. The molecule has 0 amide bonds. The van der Waals surface area contributed by atoms with Crippen molar-refractivity contribution in [3.63, 3.8) is 0 Å². The topological polar surface area (TPSA) is 54.7 Å². The molecule has 0 bridgehead atoms. The zero-order valence-electron chi connectivity index (χ0n) is 6.96. The molecule has 0 radical (unpaired) electrons. The molecule has 0 fully saturated rings. The lowest BCUT2D eigenvalue weighted by Gasteiger charge is -1.95. The van der Waals surface area contributed by atoms with Crippen LogP contribution >= 0.6 is 0 Å². The fourth-order valence-corrected chi connectivity index (χ4v) is 1.41. The van der Waals surface area contributed by atoms with Crippen molar-refractivity contribution in [1.82, 2.24) is 9.97 Å². The fraction of sp³-hybridized carbons (Fsp3) is 0.222. The first-order valence-corrected chi connectivity index (χ1v) is 3.94. The summed E-state index contributed by atoms with van der Waals surface area (Å²) in [5.74, 6) is 0. The number of nitrogens with one attached hydrogen (secondary N) is 1. The highest BCUT2D eigenvalue weighted by atomic mass is 14.8. The van der Waals surface area contributed by atoms with Crippen LogP contribution < -0.4 is 5.73 Å². The van der Waals surface area contributed by atoms with Crippen LogP contribution in [0.15, 0.2) is 18.3 Å². The van der Waals surface area contributed by atoms with Crippen molar-refractivity contribution in [2.45, 2.75) is 13.5 Å². The summed E-state index contributed by atoms with van der Waals surface area (Å²) in [6.45, 7) is 2.52. The van der Waals surface area contributed by atoms with E-state index in [-0.39, 0.29) is 0 Å². The van der Waals surface area contributed by atoms with E-state index in [4.69, 9.17) is 5.73 Å². The number of pyridine rings is 1. The molecule has 0 atom stereocenters. The first-order valence-electron chi connectivity index (χ1n) is 3.94. The predicted molar refractivity (Wildman–Crippen MR) is 48.7 cm³/mol. The normalized spacial score (nSPS) is 10.8. The summed E-state index contributed by atoms with van der Waals surface area (Å²) in [4.78, 5) is 7.43. The molecule has 3 N–H and O–H groups in total. The number of H-pyrrole nitrogens is 1. The van der Waals surface area contributed by atoms with E-state index in [1.54, 1.807) is 6.20 Å². The molecule has 3 heteroatoms. The van der Waals surface area contributed by atoms with Gasteiger partial charge in [-0.3, -0.25) is 4.98 Å². The maximum atomic E-state index is 5.55. The number of aryl methyl sites for hydroxylation is 1. The van der Waals surface area contributed by atoms with E-state index >= 15 is 0 Å². The lowest BCUT2D eigenvalue weighted by Crippen LogP contribution is -1.98. The zero-order valence-corrected chi connectivity index (χ0v) is 6.96. The lowest BCUT2D eigenvalue weighted by atomic mass is 10.2. The zero-order chi connectivity index (χ0) is 8.55. The molecule has 12 heavy (non-hydrogen) atoms. The van der Waals surface area contributed by atoms with E-state index in [0.29, 0.717) is 6.54 Å². The molecular formula is C9H11N3. The van der Waals surface area contributed by atoms with Crippen LogP contribution in [-0.2, 0) is 6.54 Å². The van der Waals surface area contributed by atoms with Gasteiger partial charge in [-0.1, -0.05) is 0 Å². The summed E-state index contributed by atoms with van der Waals surface area (Å²) in [7, 11) is 0. The summed E-state index contributed by atoms with van der Waals surface area (Å²) in [5, 5.41) is 1.14. The minimum Gasteiger partial charge on any atom is -0.359 e. The number of fused-ring (bicyclic) bond motifs is 1. The van der Waals surface area contributed by atoms with Gasteiger partial charge in [0.1, 0.15) is 0 Å². The van der Waals surface area contributed by atoms with E-state index < -0.39 is 0 Å². The first kappa shape index (κ1) is 7.31. The molecule has 2 aromatic rings. The summed E-state index contributed by atoms with van der Waals surface area (Å²) in [6, 6.07) is 4.03. The Morgan fingerprint density at radius 1 is 1.58 bits per heavy atom. The monoisotopic (exact) mass is 161 g/mol. The molecule has 0 unspecified atom stereocenters. The van der Waals surface area contributed by atoms with Gasteiger partial charge in [0.25, 0.3) is 0 Å². The molecule has 2 aromatic heterocycles. The summed E-state index contributed by atoms with van der Waals surface area (Å²) >= 11 is 0. The Balaban J connectivity index is 2.78. The SMILES string of the molecule is Cc1cc2c(CN)nccc2[nH]1. The average Bonchev–Trinajstić information content (AvgIpc) is 2.44. The standard InChI is InChI=1S/C9H11N3/c1-6-4-7-8(12-6)2-3-11-9(7)5-10/h2-4,12H,5,10H2,1H3. The van der Waals surface area contributed by atoms with Gasteiger partial charge in [0.05, 0.1) is 5.69 Å². The van der Waals surface area contributed by atoms with Gasteiger partial charge in [-0.15, -0.1) is 0 Å². The van der Waals surface area contributed by atoms with Crippen LogP contribution in [-0.4, -0.2) is 9.97 Å². The third-order valence-corrected chi connectivity index (χ3v) is 1.96. The molecule has 3 nitrogen and oxygen atoms in total. The second-order valence-corrected chi connectivity index (χ2v) is 2.88.